The van der Waals surface area contributed by atoms with Crippen molar-refractivity contribution in [2.24, 2.45) is 5.92 Å². The van der Waals surface area contributed by atoms with Gasteiger partial charge in [0.15, 0.2) is 0 Å². The van der Waals surface area contributed by atoms with Crippen LogP contribution in [0.5, 0.6) is 0 Å². The molecule has 3 rings (SSSR count). The second kappa shape index (κ2) is 3.65. The number of carbonyl (C=O) groups is 1. The molecule has 2 saturated carbocycles. The van der Waals surface area contributed by atoms with Gasteiger partial charge in [-0.1, -0.05) is 13.8 Å². The first-order valence-corrected chi connectivity index (χ1v) is 6.90. The third-order valence-corrected chi connectivity index (χ3v) is 4.54. The van der Waals surface area contributed by atoms with Crippen molar-refractivity contribution in [1.29, 1.82) is 0 Å². The van der Waals surface area contributed by atoms with Crippen LogP contribution in [0.3, 0.4) is 0 Å². The average molecular weight is 276 g/mol. The van der Waals surface area contributed by atoms with Gasteiger partial charge in [-0.05, 0) is 38.0 Å². The molecule has 0 aromatic heterocycles. The lowest BCUT2D eigenvalue weighted by atomic mass is 10.1. The van der Waals surface area contributed by atoms with Gasteiger partial charge in [0.1, 0.15) is 5.54 Å². The minimum atomic E-state index is -4.32. The SMILES string of the molecule is CC(C)CC1NC2(CC2)C(=O)N1C1(C(F)(F)F)CC1. The third kappa shape index (κ3) is 1.79. The second-order valence-electron chi connectivity index (χ2n) is 6.58. The molecule has 19 heavy (non-hydrogen) atoms. The predicted molar refractivity (Wildman–Crippen MR) is 63.2 cm³/mol. The van der Waals surface area contributed by atoms with Crippen LogP contribution in [-0.2, 0) is 4.79 Å². The number of carbonyl (C=O) groups excluding carboxylic acids is 1. The summed E-state index contributed by atoms with van der Waals surface area (Å²) in [6.07, 6.45) is -2.76. The highest BCUT2D eigenvalue weighted by Crippen LogP contribution is 2.58. The summed E-state index contributed by atoms with van der Waals surface area (Å²) in [4.78, 5) is 13.5. The minimum absolute atomic E-state index is 0.0502. The predicted octanol–water partition coefficient (Wildman–Crippen LogP) is 2.42. The van der Waals surface area contributed by atoms with Gasteiger partial charge < -0.3 is 4.90 Å². The first kappa shape index (κ1) is 13.2. The molecule has 1 amide bonds. The number of halogens is 3. The molecule has 2 aliphatic carbocycles. The molecule has 1 aliphatic heterocycles. The maximum absolute atomic E-state index is 13.3. The number of hydrogen-bond acceptors (Lipinski definition) is 2. The molecule has 0 aromatic carbocycles. The van der Waals surface area contributed by atoms with Crippen LogP contribution in [0.25, 0.3) is 0 Å². The Morgan fingerprint density at radius 1 is 1.32 bits per heavy atom. The van der Waals surface area contributed by atoms with Crippen LogP contribution in [0.1, 0.15) is 46.0 Å². The normalized spacial score (nSPS) is 31.4. The molecule has 1 atom stereocenters. The summed E-state index contributed by atoms with van der Waals surface area (Å²) < 4.78 is 39.8. The Morgan fingerprint density at radius 2 is 1.89 bits per heavy atom. The van der Waals surface area contributed by atoms with Crippen molar-refractivity contribution in [3.8, 4) is 0 Å². The largest absolute Gasteiger partial charge is 0.411 e. The number of amides is 1. The Balaban J connectivity index is 1.90. The second-order valence-corrected chi connectivity index (χ2v) is 6.58. The fourth-order valence-electron chi connectivity index (χ4n) is 3.18. The smallest absolute Gasteiger partial charge is 0.311 e. The van der Waals surface area contributed by atoms with E-state index in [1.807, 2.05) is 13.8 Å². The van der Waals surface area contributed by atoms with Crippen molar-refractivity contribution in [1.82, 2.24) is 10.2 Å². The third-order valence-electron chi connectivity index (χ3n) is 4.54. The zero-order valence-corrected chi connectivity index (χ0v) is 11.2. The van der Waals surface area contributed by atoms with Gasteiger partial charge in [-0.2, -0.15) is 13.2 Å². The summed E-state index contributed by atoms with van der Waals surface area (Å²) in [5.74, 6) is -0.0706. The molecule has 1 spiro atoms. The molecular weight excluding hydrogens is 257 g/mol. The fraction of sp³-hybridized carbons (Fsp3) is 0.923. The lowest BCUT2D eigenvalue weighted by Gasteiger charge is -2.35. The van der Waals surface area contributed by atoms with E-state index in [2.05, 4.69) is 5.32 Å². The molecule has 1 N–H and O–H groups in total. The van der Waals surface area contributed by atoms with Gasteiger partial charge in [0.05, 0.1) is 11.7 Å². The average Bonchev–Trinajstić information content (AvgIpc) is 3.09. The minimum Gasteiger partial charge on any atom is -0.311 e. The molecule has 3 aliphatic rings. The van der Waals surface area contributed by atoms with Crippen LogP contribution in [0.2, 0.25) is 0 Å². The van der Waals surface area contributed by atoms with E-state index in [0.29, 0.717) is 19.3 Å². The van der Waals surface area contributed by atoms with E-state index in [0.717, 1.165) is 4.90 Å². The number of alkyl halides is 3. The van der Waals surface area contributed by atoms with Crippen molar-refractivity contribution >= 4 is 5.91 Å². The summed E-state index contributed by atoms with van der Waals surface area (Å²) in [6, 6.07) is 0. The molecule has 1 unspecified atom stereocenters. The Morgan fingerprint density at radius 3 is 2.26 bits per heavy atom. The Labute approximate surface area is 110 Å². The summed E-state index contributed by atoms with van der Waals surface area (Å²) in [5, 5.41) is 3.17. The standard InChI is InChI=1S/C13H19F3N2O/c1-8(2)7-9-17-11(3-4-11)10(19)18(9)12(5-6-12)13(14,15)16/h8-9,17H,3-7H2,1-2H3. The first-order chi connectivity index (χ1) is 8.72. The van der Waals surface area contributed by atoms with Gasteiger partial charge in [0, 0.05) is 0 Å². The molecular formula is C13H19F3N2O. The lowest BCUT2D eigenvalue weighted by Crippen LogP contribution is -2.54. The zero-order valence-electron chi connectivity index (χ0n) is 11.2. The van der Waals surface area contributed by atoms with Crippen molar-refractivity contribution < 1.29 is 18.0 Å². The lowest BCUT2D eigenvalue weighted by molar-refractivity contribution is -0.203. The van der Waals surface area contributed by atoms with Crippen LogP contribution < -0.4 is 5.32 Å². The van der Waals surface area contributed by atoms with E-state index in [4.69, 9.17) is 0 Å². The summed E-state index contributed by atoms with van der Waals surface area (Å²) in [7, 11) is 0. The topological polar surface area (TPSA) is 32.3 Å². The van der Waals surface area contributed by atoms with Gasteiger partial charge >= 0.3 is 6.18 Å². The summed E-state index contributed by atoms with van der Waals surface area (Å²) in [5.41, 5.74) is -2.55. The van der Waals surface area contributed by atoms with Crippen LogP contribution in [0, 0.1) is 5.92 Å². The molecule has 3 nitrogen and oxygen atoms in total. The van der Waals surface area contributed by atoms with Gasteiger partial charge in [-0.15, -0.1) is 0 Å². The van der Waals surface area contributed by atoms with E-state index < -0.39 is 23.4 Å². The van der Waals surface area contributed by atoms with E-state index in [9.17, 15) is 18.0 Å². The summed E-state index contributed by atoms with van der Waals surface area (Å²) in [6.45, 7) is 3.94. The Hall–Kier alpha value is -0.780. The number of hydrogen-bond donors (Lipinski definition) is 1. The van der Waals surface area contributed by atoms with E-state index in [1.54, 1.807) is 0 Å². The van der Waals surface area contributed by atoms with Crippen molar-refractivity contribution in [3.05, 3.63) is 0 Å². The van der Waals surface area contributed by atoms with Crippen molar-refractivity contribution in [3.63, 3.8) is 0 Å². The van der Waals surface area contributed by atoms with Gasteiger partial charge in [0.25, 0.3) is 0 Å². The fourth-order valence-corrected chi connectivity index (χ4v) is 3.18. The van der Waals surface area contributed by atoms with Crippen molar-refractivity contribution in [2.75, 3.05) is 0 Å². The highest BCUT2D eigenvalue weighted by molar-refractivity contribution is 5.92. The van der Waals surface area contributed by atoms with Gasteiger partial charge in [0.2, 0.25) is 5.91 Å². The van der Waals surface area contributed by atoms with Crippen LogP contribution >= 0.6 is 0 Å². The van der Waals surface area contributed by atoms with Crippen molar-refractivity contribution in [2.45, 2.75) is 69.4 Å². The summed E-state index contributed by atoms with van der Waals surface area (Å²) >= 11 is 0. The highest BCUT2D eigenvalue weighted by Gasteiger charge is 2.74. The van der Waals surface area contributed by atoms with E-state index in [1.165, 1.54) is 0 Å². The molecule has 108 valence electrons. The van der Waals surface area contributed by atoms with Crippen LogP contribution in [0.15, 0.2) is 0 Å². The first-order valence-electron chi connectivity index (χ1n) is 6.90. The highest BCUT2D eigenvalue weighted by atomic mass is 19.4. The molecule has 0 radical (unpaired) electrons. The number of nitrogens with zero attached hydrogens (tertiary/aromatic N) is 1. The molecule has 0 aromatic rings. The van der Waals surface area contributed by atoms with Gasteiger partial charge in [-0.25, -0.2) is 0 Å². The maximum Gasteiger partial charge on any atom is 0.411 e. The number of rotatable bonds is 3. The molecule has 3 fully saturated rings. The molecule has 0 bridgehead atoms. The van der Waals surface area contributed by atoms with E-state index in [-0.39, 0.29) is 24.7 Å². The zero-order chi connectivity index (χ0) is 14.1. The molecule has 1 heterocycles. The van der Waals surface area contributed by atoms with E-state index >= 15 is 0 Å². The molecule has 1 saturated heterocycles. The molecule has 6 heteroatoms. The quantitative estimate of drug-likeness (QED) is 0.858. The Bertz CT molecular complexity index is 411. The van der Waals surface area contributed by atoms with Gasteiger partial charge in [-0.3, -0.25) is 10.1 Å². The Kier molecular flexibility index (Phi) is 2.54. The monoisotopic (exact) mass is 276 g/mol. The maximum atomic E-state index is 13.3. The van der Waals surface area contributed by atoms with Crippen LogP contribution in [0.4, 0.5) is 13.2 Å². The number of nitrogens with one attached hydrogen (secondary N) is 1. The van der Waals surface area contributed by atoms with Crippen LogP contribution in [-0.4, -0.2) is 34.2 Å².